The third kappa shape index (κ3) is 5.87. The molecule has 6 heteroatoms. The first-order valence-electron chi connectivity index (χ1n) is 12.1. The predicted molar refractivity (Wildman–Crippen MR) is 160 cm³/mol. The Bertz CT molecular complexity index is 1490. The molecule has 0 spiro atoms. The molecule has 0 saturated carbocycles. The van der Waals surface area contributed by atoms with Crippen LogP contribution in [0.3, 0.4) is 0 Å². The number of rotatable bonds is 10. The number of aromatic nitrogens is 1. The minimum atomic E-state index is -0.223. The van der Waals surface area contributed by atoms with E-state index >= 15 is 4.39 Å². The summed E-state index contributed by atoms with van der Waals surface area (Å²) in [6, 6.07) is 32.5. The van der Waals surface area contributed by atoms with Crippen LogP contribution in [0.25, 0.3) is 22.2 Å². The average molecular weight is 624 g/mol. The number of fused-ring (bicyclic) bond motifs is 1. The van der Waals surface area contributed by atoms with E-state index in [0.29, 0.717) is 30.0 Å². The zero-order chi connectivity index (χ0) is 25.6. The molecule has 0 amide bonds. The number of methoxy groups -OCH3 is 1. The van der Waals surface area contributed by atoms with Crippen LogP contribution in [0.2, 0.25) is 0 Å². The Hall–Kier alpha value is -2.81. The zero-order valence-corrected chi connectivity index (χ0v) is 23.5. The van der Waals surface area contributed by atoms with Crippen LogP contribution >= 0.6 is 30.4 Å². The molecule has 0 bridgehead atoms. The molecule has 0 fully saturated rings. The van der Waals surface area contributed by atoms with Crippen LogP contribution in [0.1, 0.15) is 22.3 Å². The number of hydrogen-bond acceptors (Lipinski definition) is 3. The van der Waals surface area contributed by atoms with Crippen LogP contribution in [-0.4, -0.2) is 18.3 Å². The Kier molecular flexibility index (Phi) is 8.48. The van der Waals surface area contributed by atoms with Crippen LogP contribution < -0.4 is 4.74 Å². The van der Waals surface area contributed by atoms with Gasteiger partial charge in [0.2, 0.25) is 0 Å². The summed E-state index contributed by atoms with van der Waals surface area (Å²) in [4.78, 5) is 0. The van der Waals surface area contributed by atoms with Gasteiger partial charge in [0.25, 0.3) is 0 Å². The van der Waals surface area contributed by atoms with Crippen LogP contribution in [0.4, 0.5) is 4.39 Å². The van der Waals surface area contributed by atoms with E-state index in [-0.39, 0.29) is 5.82 Å². The molecule has 0 saturated heterocycles. The summed E-state index contributed by atoms with van der Waals surface area (Å²) in [7, 11) is 2.98. The van der Waals surface area contributed by atoms with Gasteiger partial charge >= 0.3 is 0 Å². The lowest BCUT2D eigenvalue weighted by molar-refractivity contribution is 0.386. The molecule has 0 atom stereocenters. The molecule has 0 aliphatic rings. The van der Waals surface area contributed by atoms with Crippen molar-refractivity contribution in [2.24, 2.45) is 0 Å². The molecule has 0 N–H and O–H groups in total. The van der Waals surface area contributed by atoms with Crippen molar-refractivity contribution < 1.29 is 13.3 Å². The number of nitrogens with zero attached hydrogens (tertiary/aromatic N) is 1. The second-order valence-electron chi connectivity index (χ2n) is 8.91. The van der Waals surface area contributed by atoms with Gasteiger partial charge in [-0.25, -0.2) is 4.39 Å². The van der Waals surface area contributed by atoms with E-state index in [1.165, 1.54) is 20.3 Å². The summed E-state index contributed by atoms with van der Waals surface area (Å²) < 4.78 is 29.3. The Morgan fingerprint density at radius 2 is 1.51 bits per heavy atom. The van der Waals surface area contributed by atoms with Crippen molar-refractivity contribution in [1.29, 1.82) is 0 Å². The van der Waals surface area contributed by atoms with Crippen molar-refractivity contribution in [3.63, 3.8) is 0 Å². The Labute approximate surface area is 233 Å². The van der Waals surface area contributed by atoms with Crippen LogP contribution in [-0.2, 0) is 23.6 Å². The van der Waals surface area contributed by atoms with Gasteiger partial charge in [-0.3, -0.25) is 0 Å². The summed E-state index contributed by atoms with van der Waals surface area (Å²) in [6.07, 6.45) is 1.61. The van der Waals surface area contributed by atoms with Crippen molar-refractivity contribution in [1.82, 2.24) is 4.57 Å². The first-order valence-corrected chi connectivity index (χ1v) is 15.4. The van der Waals surface area contributed by atoms with Crippen molar-refractivity contribution in [2.75, 3.05) is 13.7 Å². The summed E-state index contributed by atoms with van der Waals surface area (Å²) in [5.74, 6) is 0.429. The average Bonchev–Trinajstić information content (AvgIpc) is 3.20. The fraction of sp³-hybridized carbons (Fsp3) is 0.161. The highest BCUT2D eigenvalue weighted by atomic mass is 127. The second-order valence-corrected chi connectivity index (χ2v) is 10.4. The highest BCUT2D eigenvalue weighted by Crippen LogP contribution is 2.38. The molecular formula is C31H27FINO2S. The summed E-state index contributed by atoms with van der Waals surface area (Å²) in [6.45, 7) is 1.22. The van der Waals surface area contributed by atoms with E-state index in [9.17, 15) is 0 Å². The van der Waals surface area contributed by atoms with Gasteiger partial charge in [0.05, 0.1) is 34.1 Å². The molecule has 1 aromatic heterocycles. The molecular weight excluding hydrogens is 596 g/mol. The molecule has 5 rings (SSSR count). The van der Waals surface area contributed by atoms with Gasteiger partial charge in [-0.15, -0.1) is 0 Å². The SMILES string of the molecule is COc1ccccc1-c1c(F)c2cc(Cc3ccccc3)ccc2n1Cc1ccc(CCOSI)cc1. The van der Waals surface area contributed by atoms with E-state index in [0.717, 1.165) is 35.0 Å². The largest absolute Gasteiger partial charge is 0.496 e. The lowest BCUT2D eigenvalue weighted by Crippen LogP contribution is -2.04. The van der Waals surface area contributed by atoms with Crippen LogP contribution in [0.15, 0.2) is 97.1 Å². The van der Waals surface area contributed by atoms with E-state index in [1.54, 1.807) is 7.11 Å². The first kappa shape index (κ1) is 25.8. The lowest BCUT2D eigenvalue weighted by Gasteiger charge is -2.14. The second kappa shape index (κ2) is 12.2. The maximum atomic E-state index is 16.3. The molecule has 1 heterocycles. The summed E-state index contributed by atoms with van der Waals surface area (Å²) in [5.41, 5.74) is 6.76. The lowest BCUT2D eigenvalue weighted by atomic mass is 10.0. The van der Waals surface area contributed by atoms with Gasteiger partial charge in [0.15, 0.2) is 5.82 Å². The Morgan fingerprint density at radius 3 is 2.27 bits per heavy atom. The van der Waals surface area contributed by atoms with E-state index in [4.69, 9.17) is 8.92 Å². The van der Waals surface area contributed by atoms with Gasteiger partial charge < -0.3 is 13.5 Å². The number of halogens is 2. The summed E-state index contributed by atoms with van der Waals surface area (Å²) >= 11 is 2.13. The molecule has 188 valence electrons. The third-order valence-electron chi connectivity index (χ3n) is 6.56. The highest BCUT2D eigenvalue weighted by molar-refractivity contribution is 14.2. The minimum absolute atomic E-state index is 0.223. The smallest absolute Gasteiger partial charge is 0.156 e. The molecule has 5 aromatic rings. The molecule has 0 unspecified atom stereocenters. The van der Waals surface area contributed by atoms with E-state index in [1.807, 2.05) is 54.6 Å². The Morgan fingerprint density at radius 1 is 0.811 bits per heavy atom. The Balaban J connectivity index is 1.57. The summed E-state index contributed by atoms with van der Waals surface area (Å²) in [5, 5.41) is 0.624. The topological polar surface area (TPSA) is 23.4 Å². The van der Waals surface area contributed by atoms with Crippen molar-refractivity contribution in [3.8, 4) is 17.0 Å². The molecule has 3 nitrogen and oxygen atoms in total. The maximum Gasteiger partial charge on any atom is 0.156 e. The fourth-order valence-electron chi connectivity index (χ4n) is 4.76. The maximum absolute atomic E-state index is 16.3. The predicted octanol–water partition coefficient (Wildman–Crippen LogP) is 8.65. The van der Waals surface area contributed by atoms with Gasteiger partial charge in [-0.2, -0.15) is 0 Å². The number of ether oxygens (including phenoxy) is 1. The molecule has 0 aliphatic carbocycles. The van der Waals surface area contributed by atoms with Gasteiger partial charge in [0, 0.05) is 38.7 Å². The van der Waals surface area contributed by atoms with Crippen molar-refractivity contribution >= 4 is 41.3 Å². The van der Waals surface area contributed by atoms with E-state index < -0.39 is 0 Å². The number of benzene rings is 4. The van der Waals surface area contributed by atoms with Gasteiger partial charge in [-0.05, 0) is 59.4 Å². The number of hydrogen-bond donors (Lipinski definition) is 0. The first-order chi connectivity index (χ1) is 18.2. The van der Waals surface area contributed by atoms with Crippen molar-refractivity contribution in [3.05, 3.63) is 125 Å². The molecule has 0 radical (unpaired) electrons. The quantitative estimate of drug-likeness (QED) is 0.0884. The standard InChI is InChI=1S/C31H27FINO2S/c1-35-29-10-6-5-9-26(29)31-30(32)27-20-25(19-23-7-3-2-4-8-23)15-16-28(27)34(31)21-24-13-11-22(12-14-24)17-18-36-37-33/h2-16,20H,17-19,21H2,1H3. The molecule has 0 aliphatic heterocycles. The number of para-hydroxylation sites is 1. The van der Waals surface area contributed by atoms with Crippen molar-refractivity contribution in [2.45, 2.75) is 19.4 Å². The van der Waals surface area contributed by atoms with Gasteiger partial charge in [-0.1, -0.05) is 72.8 Å². The molecule has 37 heavy (non-hydrogen) atoms. The van der Waals surface area contributed by atoms with Crippen LogP contribution in [0.5, 0.6) is 5.75 Å². The zero-order valence-electron chi connectivity index (χ0n) is 20.5. The van der Waals surface area contributed by atoms with E-state index in [2.05, 4.69) is 68.2 Å². The minimum Gasteiger partial charge on any atom is -0.496 e. The van der Waals surface area contributed by atoms with Gasteiger partial charge in [0.1, 0.15) is 5.75 Å². The fourth-order valence-corrected chi connectivity index (χ4v) is 5.44. The normalized spacial score (nSPS) is 11.2. The van der Waals surface area contributed by atoms with Crippen LogP contribution in [0, 0.1) is 5.82 Å². The monoisotopic (exact) mass is 623 g/mol. The molecule has 4 aromatic carbocycles. The third-order valence-corrected chi connectivity index (χ3v) is 7.58. The highest BCUT2D eigenvalue weighted by Gasteiger charge is 2.22.